The zero-order valence-electron chi connectivity index (χ0n) is 10.4. The second kappa shape index (κ2) is 5.86. The van der Waals surface area contributed by atoms with Gasteiger partial charge in [0.1, 0.15) is 5.82 Å². The molecule has 1 aliphatic rings. The van der Waals surface area contributed by atoms with Crippen molar-refractivity contribution in [3.05, 3.63) is 34.1 Å². The number of hydrogen-bond acceptors (Lipinski definition) is 3. The van der Waals surface area contributed by atoms with E-state index in [9.17, 15) is 14.5 Å². The van der Waals surface area contributed by atoms with Crippen LogP contribution in [0.5, 0.6) is 5.75 Å². The number of nitro benzene ring substituents is 1. The van der Waals surface area contributed by atoms with Crippen LogP contribution in [0.3, 0.4) is 0 Å². The number of halogens is 2. The Balaban J connectivity index is 2.13. The predicted octanol–water partition coefficient (Wildman–Crippen LogP) is 4.07. The highest BCUT2D eigenvalue weighted by Gasteiger charge is 2.34. The smallest absolute Gasteiger partial charge is 0.313 e. The van der Waals surface area contributed by atoms with Crippen LogP contribution < -0.4 is 4.74 Å². The van der Waals surface area contributed by atoms with Crippen LogP contribution in [0.25, 0.3) is 0 Å². The van der Waals surface area contributed by atoms with Crippen molar-refractivity contribution < 1.29 is 14.1 Å². The van der Waals surface area contributed by atoms with Crippen molar-refractivity contribution in [3.63, 3.8) is 0 Å². The molecule has 4 nitrogen and oxygen atoms in total. The summed E-state index contributed by atoms with van der Waals surface area (Å²) in [7, 11) is 0. The summed E-state index contributed by atoms with van der Waals surface area (Å²) in [5.41, 5.74) is -0.273. The molecule has 1 aromatic carbocycles. The van der Waals surface area contributed by atoms with E-state index < -0.39 is 10.7 Å². The van der Waals surface area contributed by atoms with Gasteiger partial charge in [0.05, 0.1) is 17.6 Å². The first-order chi connectivity index (χ1) is 9.06. The third-order valence-corrected chi connectivity index (χ3v) is 4.79. The van der Waals surface area contributed by atoms with Crippen molar-refractivity contribution in [3.8, 4) is 5.75 Å². The average Bonchev–Trinajstić information content (AvgIpc) is 2.86. The van der Waals surface area contributed by atoms with Gasteiger partial charge in [-0.15, -0.1) is 0 Å². The summed E-state index contributed by atoms with van der Waals surface area (Å²) in [4.78, 5) is 10.3. The van der Waals surface area contributed by atoms with Gasteiger partial charge < -0.3 is 4.74 Å². The Morgan fingerprint density at radius 1 is 1.42 bits per heavy atom. The van der Waals surface area contributed by atoms with Gasteiger partial charge >= 0.3 is 5.69 Å². The predicted molar refractivity (Wildman–Crippen MR) is 73.2 cm³/mol. The summed E-state index contributed by atoms with van der Waals surface area (Å²) in [6.07, 6.45) is 4.40. The molecule has 0 radical (unpaired) electrons. The number of rotatable bonds is 5. The maximum Gasteiger partial charge on any atom is 0.313 e. The van der Waals surface area contributed by atoms with Crippen LogP contribution in [-0.4, -0.2) is 16.9 Å². The molecule has 1 aliphatic carbocycles. The zero-order chi connectivity index (χ0) is 13.9. The number of hydrogen-bond donors (Lipinski definition) is 0. The van der Waals surface area contributed by atoms with Crippen molar-refractivity contribution >= 4 is 21.6 Å². The average molecular weight is 332 g/mol. The first-order valence-corrected chi connectivity index (χ1v) is 7.31. The van der Waals surface area contributed by atoms with Crippen LogP contribution in [0, 0.1) is 21.3 Å². The number of benzene rings is 1. The highest BCUT2D eigenvalue weighted by Crippen LogP contribution is 2.40. The number of alkyl halides is 1. The first kappa shape index (κ1) is 14.2. The lowest BCUT2D eigenvalue weighted by molar-refractivity contribution is -0.386. The zero-order valence-corrected chi connectivity index (χ0v) is 12.0. The Labute approximate surface area is 119 Å². The number of nitro groups is 1. The summed E-state index contributed by atoms with van der Waals surface area (Å²) < 4.78 is 18.6. The van der Waals surface area contributed by atoms with Crippen LogP contribution in [0.1, 0.15) is 25.7 Å². The van der Waals surface area contributed by atoms with E-state index in [4.69, 9.17) is 4.74 Å². The second-order valence-corrected chi connectivity index (χ2v) is 5.56. The number of nitrogens with zero attached hydrogens (tertiary/aromatic N) is 1. The standard InChI is InChI=1S/C13H15BrFNO3/c14-8-13(5-1-2-6-13)9-19-12-4-3-10(15)7-11(12)16(17)18/h3-4,7H,1-2,5-6,8-9H2. The summed E-state index contributed by atoms with van der Waals surface area (Å²) in [6, 6.07) is 3.40. The SMILES string of the molecule is O=[N+]([O-])c1cc(F)ccc1OCC1(CBr)CCCC1. The van der Waals surface area contributed by atoms with E-state index in [0.29, 0.717) is 6.61 Å². The molecular weight excluding hydrogens is 317 g/mol. The van der Waals surface area contributed by atoms with Crippen molar-refractivity contribution in [1.82, 2.24) is 0 Å². The monoisotopic (exact) mass is 331 g/mol. The molecule has 104 valence electrons. The van der Waals surface area contributed by atoms with Gasteiger partial charge in [-0.3, -0.25) is 10.1 Å². The molecule has 0 spiro atoms. The largest absolute Gasteiger partial charge is 0.486 e. The second-order valence-electron chi connectivity index (χ2n) is 5.00. The van der Waals surface area contributed by atoms with E-state index in [0.717, 1.165) is 37.1 Å². The molecule has 0 heterocycles. The van der Waals surface area contributed by atoms with Crippen LogP contribution in [-0.2, 0) is 0 Å². The minimum atomic E-state index is -0.630. The lowest BCUT2D eigenvalue weighted by Gasteiger charge is -2.26. The van der Waals surface area contributed by atoms with Gasteiger partial charge in [-0.05, 0) is 25.0 Å². The third kappa shape index (κ3) is 3.23. The fourth-order valence-electron chi connectivity index (χ4n) is 2.43. The highest BCUT2D eigenvalue weighted by atomic mass is 79.9. The van der Waals surface area contributed by atoms with Crippen LogP contribution >= 0.6 is 15.9 Å². The number of ether oxygens (including phenoxy) is 1. The van der Waals surface area contributed by atoms with Gasteiger partial charge in [0, 0.05) is 10.7 Å². The molecule has 0 N–H and O–H groups in total. The van der Waals surface area contributed by atoms with Gasteiger partial charge in [0.15, 0.2) is 5.75 Å². The Kier molecular flexibility index (Phi) is 4.39. The molecule has 0 bridgehead atoms. The van der Waals surface area contributed by atoms with Crippen molar-refractivity contribution in [2.24, 2.45) is 5.41 Å². The van der Waals surface area contributed by atoms with E-state index in [2.05, 4.69) is 15.9 Å². The van der Waals surface area contributed by atoms with Crippen molar-refractivity contribution in [2.45, 2.75) is 25.7 Å². The third-order valence-electron chi connectivity index (χ3n) is 3.60. The van der Waals surface area contributed by atoms with E-state index >= 15 is 0 Å². The quantitative estimate of drug-likeness (QED) is 0.464. The highest BCUT2D eigenvalue weighted by molar-refractivity contribution is 9.09. The minimum Gasteiger partial charge on any atom is -0.486 e. The lowest BCUT2D eigenvalue weighted by atomic mass is 9.90. The molecule has 2 rings (SSSR count). The minimum absolute atomic E-state index is 0.0439. The van der Waals surface area contributed by atoms with Crippen LogP contribution in [0.15, 0.2) is 18.2 Å². The molecule has 0 atom stereocenters. The fourth-order valence-corrected chi connectivity index (χ4v) is 3.15. The first-order valence-electron chi connectivity index (χ1n) is 6.19. The Bertz CT molecular complexity index is 475. The summed E-state index contributed by atoms with van der Waals surface area (Å²) >= 11 is 3.49. The van der Waals surface area contributed by atoms with Crippen LogP contribution in [0.2, 0.25) is 0 Å². The summed E-state index contributed by atoms with van der Waals surface area (Å²) in [5, 5.41) is 11.7. The molecule has 19 heavy (non-hydrogen) atoms. The molecule has 0 aliphatic heterocycles. The summed E-state index contributed by atoms with van der Waals surface area (Å²) in [6.45, 7) is 0.421. The van der Waals surface area contributed by atoms with Gasteiger partial charge in [0.25, 0.3) is 0 Å². The maximum atomic E-state index is 13.0. The van der Waals surface area contributed by atoms with E-state index in [1.807, 2.05) is 0 Å². The molecule has 0 unspecified atom stereocenters. The Hall–Kier alpha value is -1.17. The van der Waals surface area contributed by atoms with E-state index in [1.54, 1.807) is 0 Å². The Morgan fingerprint density at radius 3 is 2.68 bits per heavy atom. The topological polar surface area (TPSA) is 52.4 Å². The van der Waals surface area contributed by atoms with Gasteiger partial charge in [0.2, 0.25) is 0 Å². The summed E-state index contributed by atoms with van der Waals surface area (Å²) in [5.74, 6) is -0.492. The van der Waals surface area contributed by atoms with E-state index in [1.165, 1.54) is 12.1 Å². The molecule has 1 aromatic rings. The lowest BCUT2D eigenvalue weighted by Crippen LogP contribution is -2.27. The van der Waals surface area contributed by atoms with Crippen LogP contribution in [0.4, 0.5) is 10.1 Å². The Morgan fingerprint density at radius 2 is 2.11 bits per heavy atom. The maximum absolute atomic E-state index is 13.0. The normalized spacial score (nSPS) is 17.4. The van der Waals surface area contributed by atoms with Gasteiger partial charge in [-0.1, -0.05) is 28.8 Å². The van der Waals surface area contributed by atoms with Crippen molar-refractivity contribution in [2.75, 3.05) is 11.9 Å². The molecule has 0 amide bonds. The molecular formula is C13H15BrFNO3. The molecule has 1 saturated carbocycles. The molecule has 0 saturated heterocycles. The molecule has 6 heteroatoms. The molecule has 1 fully saturated rings. The molecule has 0 aromatic heterocycles. The van der Waals surface area contributed by atoms with Gasteiger partial charge in [-0.2, -0.15) is 0 Å². The van der Waals surface area contributed by atoms with Gasteiger partial charge in [-0.25, -0.2) is 4.39 Å². The van der Waals surface area contributed by atoms with Crippen molar-refractivity contribution in [1.29, 1.82) is 0 Å². The van der Waals surface area contributed by atoms with E-state index in [-0.39, 0.29) is 16.9 Å². The fraction of sp³-hybridized carbons (Fsp3) is 0.538.